The van der Waals surface area contributed by atoms with Crippen molar-refractivity contribution >= 4 is 24.4 Å². The van der Waals surface area contributed by atoms with E-state index in [-0.39, 0.29) is 11.2 Å². The molecule has 9 heteroatoms. The van der Waals surface area contributed by atoms with Crippen LogP contribution in [0.1, 0.15) is 17.4 Å². The van der Waals surface area contributed by atoms with Gasteiger partial charge in [-0.15, -0.1) is 0 Å². The van der Waals surface area contributed by atoms with Crippen molar-refractivity contribution in [2.24, 2.45) is 16.5 Å². The van der Waals surface area contributed by atoms with Crippen LogP contribution in [0.15, 0.2) is 23.2 Å². The molecule has 1 aromatic heterocycles. The molecule has 0 saturated heterocycles. The van der Waals surface area contributed by atoms with E-state index in [1.54, 1.807) is 18.2 Å². The minimum Gasteiger partial charge on any atom is -0.370 e. The molecular formula is C11H16F3N5S. The molecule has 0 aromatic carbocycles. The maximum atomic E-state index is 12.0. The number of rotatable bonds is 5. The van der Waals surface area contributed by atoms with Gasteiger partial charge in [-0.1, -0.05) is 6.07 Å². The highest BCUT2D eigenvalue weighted by molar-refractivity contribution is 7.80. The summed E-state index contributed by atoms with van der Waals surface area (Å²) in [7, 11) is 0. The number of aliphatic imine (C=N–C) groups is 1. The van der Waals surface area contributed by atoms with Crippen molar-refractivity contribution in [3.05, 3.63) is 23.9 Å². The lowest BCUT2D eigenvalue weighted by atomic mass is 10.2. The summed E-state index contributed by atoms with van der Waals surface area (Å²) in [5.74, 6) is -0.0384. The summed E-state index contributed by atoms with van der Waals surface area (Å²) in [5, 5.41) is 2.36. The summed E-state index contributed by atoms with van der Waals surface area (Å²) < 4.78 is 35.9. The lowest BCUT2D eigenvalue weighted by Gasteiger charge is -2.11. The summed E-state index contributed by atoms with van der Waals surface area (Å²) in [6, 6.07) is 5.02. The highest BCUT2D eigenvalue weighted by Crippen LogP contribution is 2.22. The van der Waals surface area contributed by atoms with Gasteiger partial charge < -0.3 is 16.8 Å². The van der Waals surface area contributed by atoms with Gasteiger partial charge in [0, 0.05) is 5.25 Å². The average molecular weight is 307 g/mol. The third-order valence-electron chi connectivity index (χ3n) is 2.24. The van der Waals surface area contributed by atoms with E-state index in [1.165, 1.54) is 0 Å². The Hall–Kier alpha value is -1.48. The van der Waals surface area contributed by atoms with Gasteiger partial charge in [0.25, 0.3) is 0 Å². The van der Waals surface area contributed by atoms with Crippen LogP contribution in [0.5, 0.6) is 0 Å². The number of hydrogen-bond donors (Lipinski definition) is 4. The van der Waals surface area contributed by atoms with Crippen molar-refractivity contribution < 1.29 is 13.2 Å². The highest BCUT2D eigenvalue weighted by Gasteiger charge is 2.26. The molecule has 1 heterocycles. The quantitative estimate of drug-likeness (QED) is 0.379. The normalized spacial score (nSPS) is 14.2. The second-order valence-electron chi connectivity index (χ2n) is 3.98. The molecule has 5 nitrogen and oxygen atoms in total. The Labute approximate surface area is 120 Å². The number of hydrogen-bond acceptors (Lipinski definition) is 4. The Bertz CT molecular complexity index is 464. The van der Waals surface area contributed by atoms with Gasteiger partial charge in [0.2, 0.25) is 0 Å². The Kier molecular flexibility index (Phi) is 6.08. The monoisotopic (exact) mass is 307 g/mol. The van der Waals surface area contributed by atoms with Gasteiger partial charge >= 0.3 is 6.18 Å². The molecule has 0 spiro atoms. The number of halogens is 3. The first-order valence-electron chi connectivity index (χ1n) is 5.80. The van der Waals surface area contributed by atoms with E-state index in [4.69, 9.17) is 11.5 Å². The molecule has 0 aliphatic rings. The number of nitrogens with zero attached hydrogens (tertiary/aromatic N) is 2. The van der Waals surface area contributed by atoms with E-state index in [0.717, 1.165) is 0 Å². The molecule has 20 heavy (non-hydrogen) atoms. The highest BCUT2D eigenvalue weighted by atomic mass is 32.1. The predicted octanol–water partition coefficient (Wildman–Crippen LogP) is 1.69. The van der Waals surface area contributed by atoms with Gasteiger partial charge in [-0.3, -0.25) is 0 Å². The number of nitrogens with one attached hydrogen (secondary N) is 1. The number of thiol groups is 1. The molecule has 1 atom stereocenters. The second-order valence-corrected chi connectivity index (χ2v) is 4.61. The van der Waals surface area contributed by atoms with E-state index in [1.807, 2.05) is 0 Å². The summed E-state index contributed by atoms with van der Waals surface area (Å²) in [6.07, 6.45) is -3.75. The molecule has 5 N–H and O–H groups in total. The fourth-order valence-corrected chi connectivity index (χ4v) is 1.65. The van der Waals surface area contributed by atoms with Crippen LogP contribution in [0.25, 0.3) is 0 Å². The van der Waals surface area contributed by atoms with Crippen molar-refractivity contribution in [1.82, 2.24) is 4.98 Å². The maximum absolute atomic E-state index is 12.0. The van der Waals surface area contributed by atoms with Crippen LogP contribution in [0.2, 0.25) is 0 Å². The zero-order valence-electron chi connectivity index (χ0n) is 10.6. The smallest absolute Gasteiger partial charge is 0.370 e. The third-order valence-corrected chi connectivity index (χ3v) is 2.76. The fraction of sp³-hybridized carbons (Fsp3) is 0.455. The van der Waals surface area contributed by atoms with Crippen molar-refractivity contribution in [3.63, 3.8) is 0 Å². The first-order valence-corrected chi connectivity index (χ1v) is 6.32. The zero-order chi connectivity index (χ0) is 15.2. The molecule has 0 fully saturated rings. The van der Waals surface area contributed by atoms with E-state index in [2.05, 4.69) is 27.9 Å². The van der Waals surface area contributed by atoms with Gasteiger partial charge in [0.05, 0.1) is 5.69 Å². The van der Waals surface area contributed by atoms with Crippen molar-refractivity contribution in [3.8, 4) is 0 Å². The van der Waals surface area contributed by atoms with Crippen LogP contribution in [0.4, 0.5) is 19.0 Å². The summed E-state index contributed by atoms with van der Waals surface area (Å²) in [5.41, 5.74) is 11.4. The zero-order valence-corrected chi connectivity index (χ0v) is 11.5. The van der Waals surface area contributed by atoms with Crippen LogP contribution in [-0.4, -0.2) is 30.2 Å². The minimum absolute atomic E-state index is 0.143. The van der Waals surface area contributed by atoms with Crippen LogP contribution in [-0.2, 0) is 0 Å². The number of aromatic nitrogens is 1. The molecule has 1 aromatic rings. The Morgan fingerprint density at radius 2 is 2.15 bits per heavy atom. The average Bonchev–Trinajstić information content (AvgIpc) is 2.36. The van der Waals surface area contributed by atoms with Gasteiger partial charge in [0.1, 0.15) is 12.4 Å². The van der Waals surface area contributed by atoms with E-state index >= 15 is 0 Å². The number of anilines is 1. The number of pyridine rings is 1. The maximum Gasteiger partial charge on any atom is 0.408 e. The molecule has 0 saturated carbocycles. The molecule has 112 valence electrons. The van der Waals surface area contributed by atoms with Crippen LogP contribution < -0.4 is 16.8 Å². The molecule has 0 aliphatic heterocycles. The summed E-state index contributed by atoms with van der Waals surface area (Å²) >= 11 is 4.34. The molecule has 0 bridgehead atoms. The predicted molar refractivity (Wildman–Crippen MR) is 75.8 cm³/mol. The van der Waals surface area contributed by atoms with Gasteiger partial charge in [0.15, 0.2) is 5.96 Å². The first-order chi connectivity index (χ1) is 9.31. The Morgan fingerprint density at radius 1 is 1.45 bits per heavy atom. The van der Waals surface area contributed by atoms with Crippen molar-refractivity contribution in [2.45, 2.75) is 17.8 Å². The van der Waals surface area contributed by atoms with E-state index < -0.39 is 12.7 Å². The summed E-state index contributed by atoms with van der Waals surface area (Å²) in [4.78, 5) is 7.37. The minimum atomic E-state index is -4.39. The Morgan fingerprint density at radius 3 is 2.75 bits per heavy atom. The first kappa shape index (κ1) is 16.6. The number of guanidine groups is 1. The molecule has 0 aliphatic carbocycles. The largest absolute Gasteiger partial charge is 0.408 e. The second kappa shape index (κ2) is 7.34. The number of alkyl halides is 3. The third kappa shape index (κ3) is 6.11. The standard InChI is InChI=1S/C11H16F3N5S/c12-11(13,14)6-17-10(16)19-9-3-1-2-7(18-9)8(20)4-5-15/h1-3,8,20H,4-6,15H2,(H3,16,17,18,19). The summed E-state index contributed by atoms with van der Waals surface area (Å²) in [6.45, 7) is -0.878. The number of nitrogens with two attached hydrogens (primary N) is 2. The van der Waals surface area contributed by atoms with E-state index in [0.29, 0.717) is 24.5 Å². The molecule has 1 rings (SSSR count). The molecule has 1 unspecified atom stereocenters. The van der Waals surface area contributed by atoms with Crippen molar-refractivity contribution in [2.75, 3.05) is 18.4 Å². The van der Waals surface area contributed by atoms with Crippen LogP contribution >= 0.6 is 12.6 Å². The van der Waals surface area contributed by atoms with Crippen LogP contribution in [0.3, 0.4) is 0 Å². The SMILES string of the molecule is NCCC(S)c1cccc(NC(N)=NCC(F)(F)F)n1. The lowest BCUT2D eigenvalue weighted by Crippen LogP contribution is -2.26. The Balaban J connectivity index is 2.71. The van der Waals surface area contributed by atoms with Crippen molar-refractivity contribution in [1.29, 1.82) is 0 Å². The van der Waals surface area contributed by atoms with Gasteiger partial charge in [-0.2, -0.15) is 25.8 Å². The topological polar surface area (TPSA) is 89.3 Å². The molecule has 0 amide bonds. The fourth-order valence-electron chi connectivity index (χ4n) is 1.36. The van der Waals surface area contributed by atoms with Gasteiger partial charge in [-0.25, -0.2) is 9.98 Å². The van der Waals surface area contributed by atoms with E-state index in [9.17, 15) is 13.2 Å². The van der Waals surface area contributed by atoms with Crippen LogP contribution in [0, 0.1) is 0 Å². The molecular weight excluding hydrogens is 291 g/mol. The molecule has 0 radical (unpaired) electrons. The van der Waals surface area contributed by atoms with Gasteiger partial charge in [-0.05, 0) is 25.1 Å². The lowest BCUT2D eigenvalue weighted by molar-refractivity contribution is -0.118.